The molecule has 3 N–H and O–H groups in total. The van der Waals surface area contributed by atoms with Crippen LogP contribution in [0.4, 0.5) is 5.69 Å². The maximum absolute atomic E-state index is 12.6. The molecule has 21 heavy (non-hydrogen) atoms. The van der Waals surface area contributed by atoms with Crippen LogP contribution in [0.5, 0.6) is 0 Å². The standard InChI is InChI=1S/C12H20N4O3S2/c1-3-4-8-10(13)11(15-14-8)12(17)16-5-6-20-7-9(16)21(2,18)19/h9H,3-7,13H2,1-2H3,(H,14,15). The summed E-state index contributed by atoms with van der Waals surface area (Å²) >= 11 is 1.53. The van der Waals surface area contributed by atoms with Gasteiger partial charge in [0.1, 0.15) is 5.37 Å². The fourth-order valence-corrected chi connectivity index (χ4v) is 5.11. The summed E-state index contributed by atoms with van der Waals surface area (Å²) in [6, 6.07) is 0. The van der Waals surface area contributed by atoms with Crippen molar-refractivity contribution in [3.05, 3.63) is 11.4 Å². The summed E-state index contributed by atoms with van der Waals surface area (Å²) in [5.41, 5.74) is 7.13. The Balaban J connectivity index is 2.29. The number of amides is 1. The first-order valence-corrected chi connectivity index (χ1v) is 9.87. The summed E-state index contributed by atoms with van der Waals surface area (Å²) < 4.78 is 23.7. The Hall–Kier alpha value is -1.22. The molecule has 1 atom stereocenters. The molecule has 2 heterocycles. The first kappa shape index (κ1) is 16.2. The molecule has 1 saturated heterocycles. The summed E-state index contributed by atoms with van der Waals surface area (Å²) in [5, 5.41) is 5.94. The van der Waals surface area contributed by atoms with Crippen LogP contribution in [-0.2, 0) is 16.3 Å². The van der Waals surface area contributed by atoms with E-state index in [0.29, 0.717) is 30.2 Å². The second kappa shape index (κ2) is 6.27. The largest absolute Gasteiger partial charge is 0.395 e. The predicted molar refractivity (Wildman–Crippen MR) is 84.0 cm³/mol. The zero-order chi connectivity index (χ0) is 15.6. The van der Waals surface area contributed by atoms with Crippen molar-refractivity contribution in [3.63, 3.8) is 0 Å². The number of nitrogen functional groups attached to an aromatic ring is 1. The lowest BCUT2D eigenvalue weighted by Gasteiger charge is -2.33. The van der Waals surface area contributed by atoms with Crippen LogP contribution in [0.1, 0.15) is 29.5 Å². The van der Waals surface area contributed by atoms with Crippen molar-refractivity contribution in [3.8, 4) is 0 Å². The summed E-state index contributed by atoms with van der Waals surface area (Å²) in [7, 11) is -3.34. The second-order valence-electron chi connectivity index (χ2n) is 5.07. The number of anilines is 1. The molecule has 2 rings (SSSR count). The van der Waals surface area contributed by atoms with Gasteiger partial charge in [0.2, 0.25) is 0 Å². The molecule has 1 aliphatic heterocycles. The van der Waals surface area contributed by atoms with E-state index in [-0.39, 0.29) is 5.69 Å². The fraction of sp³-hybridized carbons (Fsp3) is 0.667. The van der Waals surface area contributed by atoms with E-state index < -0.39 is 21.1 Å². The van der Waals surface area contributed by atoms with Gasteiger partial charge in [-0.05, 0) is 6.42 Å². The Labute approximate surface area is 128 Å². The molecule has 1 unspecified atom stereocenters. The van der Waals surface area contributed by atoms with E-state index in [1.165, 1.54) is 16.7 Å². The van der Waals surface area contributed by atoms with Crippen LogP contribution in [0, 0.1) is 0 Å². The molecular formula is C12H20N4O3S2. The Morgan fingerprint density at radius 3 is 2.90 bits per heavy atom. The molecule has 0 spiro atoms. The molecule has 0 aromatic carbocycles. The average Bonchev–Trinajstić information content (AvgIpc) is 2.79. The normalized spacial score (nSPS) is 19.7. The Morgan fingerprint density at radius 1 is 1.57 bits per heavy atom. The number of aromatic amines is 1. The van der Waals surface area contributed by atoms with Gasteiger partial charge in [-0.1, -0.05) is 13.3 Å². The maximum Gasteiger partial charge on any atom is 0.277 e. The molecule has 1 amide bonds. The minimum Gasteiger partial charge on any atom is -0.395 e. The van der Waals surface area contributed by atoms with E-state index in [9.17, 15) is 13.2 Å². The Kier molecular flexibility index (Phi) is 4.82. The van der Waals surface area contributed by atoms with E-state index >= 15 is 0 Å². The highest BCUT2D eigenvalue weighted by atomic mass is 32.2. The van der Waals surface area contributed by atoms with Gasteiger partial charge in [0.15, 0.2) is 15.5 Å². The topological polar surface area (TPSA) is 109 Å². The third-order valence-corrected chi connectivity index (χ3v) is 6.07. The highest BCUT2D eigenvalue weighted by Crippen LogP contribution is 2.24. The molecule has 0 aliphatic carbocycles. The number of nitrogens with two attached hydrogens (primary N) is 1. The van der Waals surface area contributed by atoms with Gasteiger partial charge in [-0.2, -0.15) is 16.9 Å². The van der Waals surface area contributed by atoms with Crippen LogP contribution in [0.25, 0.3) is 0 Å². The number of nitrogens with zero attached hydrogens (tertiary/aromatic N) is 2. The lowest BCUT2D eigenvalue weighted by Crippen LogP contribution is -2.50. The van der Waals surface area contributed by atoms with Gasteiger partial charge < -0.3 is 10.6 Å². The first-order chi connectivity index (χ1) is 9.86. The number of aromatic nitrogens is 2. The number of rotatable bonds is 4. The van der Waals surface area contributed by atoms with Crippen LogP contribution < -0.4 is 5.73 Å². The maximum atomic E-state index is 12.6. The van der Waals surface area contributed by atoms with Crippen molar-refractivity contribution in [1.82, 2.24) is 15.1 Å². The minimum atomic E-state index is -3.34. The Morgan fingerprint density at radius 2 is 2.29 bits per heavy atom. The molecule has 0 saturated carbocycles. The predicted octanol–water partition coefficient (Wildman–Crippen LogP) is 0.504. The molecule has 1 aromatic rings. The number of thioether (sulfide) groups is 1. The van der Waals surface area contributed by atoms with Crippen molar-refractivity contribution >= 4 is 33.2 Å². The van der Waals surface area contributed by atoms with Crippen molar-refractivity contribution in [2.75, 3.05) is 30.0 Å². The van der Waals surface area contributed by atoms with Crippen molar-refractivity contribution in [1.29, 1.82) is 0 Å². The minimum absolute atomic E-state index is 0.124. The van der Waals surface area contributed by atoms with Crippen LogP contribution >= 0.6 is 11.8 Å². The van der Waals surface area contributed by atoms with E-state index in [1.54, 1.807) is 0 Å². The zero-order valence-corrected chi connectivity index (χ0v) is 13.8. The van der Waals surface area contributed by atoms with E-state index in [2.05, 4.69) is 10.2 Å². The van der Waals surface area contributed by atoms with Crippen molar-refractivity contribution < 1.29 is 13.2 Å². The zero-order valence-electron chi connectivity index (χ0n) is 12.1. The molecule has 0 bridgehead atoms. The summed E-state index contributed by atoms with van der Waals surface area (Å²) in [6.45, 7) is 2.39. The number of H-pyrrole nitrogens is 1. The molecule has 0 radical (unpaired) electrons. The third-order valence-electron chi connectivity index (χ3n) is 3.43. The van der Waals surface area contributed by atoms with E-state index in [0.717, 1.165) is 18.4 Å². The lowest BCUT2D eigenvalue weighted by atomic mass is 10.2. The number of sulfone groups is 1. The van der Waals surface area contributed by atoms with Gasteiger partial charge in [-0.25, -0.2) is 8.42 Å². The average molecular weight is 332 g/mol. The van der Waals surface area contributed by atoms with Gasteiger partial charge in [-0.3, -0.25) is 9.89 Å². The Bertz CT molecular complexity index is 626. The number of nitrogens with one attached hydrogen (secondary N) is 1. The highest BCUT2D eigenvalue weighted by Gasteiger charge is 2.36. The van der Waals surface area contributed by atoms with Crippen molar-refractivity contribution in [2.45, 2.75) is 25.1 Å². The van der Waals surface area contributed by atoms with Crippen LogP contribution in [-0.4, -0.2) is 59.1 Å². The smallest absolute Gasteiger partial charge is 0.277 e. The molecule has 118 valence electrons. The first-order valence-electron chi connectivity index (χ1n) is 6.76. The van der Waals surface area contributed by atoms with E-state index in [1.807, 2.05) is 6.92 Å². The molecular weight excluding hydrogens is 312 g/mol. The quantitative estimate of drug-likeness (QED) is 0.831. The van der Waals surface area contributed by atoms with Crippen LogP contribution in [0.15, 0.2) is 0 Å². The van der Waals surface area contributed by atoms with E-state index in [4.69, 9.17) is 5.73 Å². The van der Waals surface area contributed by atoms with Gasteiger partial charge in [-0.15, -0.1) is 0 Å². The second-order valence-corrected chi connectivity index (χ2v) is 8.43. The number of hydrogen-bond donors (Lipinski definition) is 2. The number of aryl methyl sites for hydroxylation is 1. The number of hydrogen-bond acceptors (Lipinski definition) is 6. The SMILES string of the molecule is CCCc1[nH]nc(C(=O)N2CCSCC2S(C)(=O)=O)c1N. The van der Waals surface area contributed by atoms with Gasteiger partial charge in [0.05, 0.1) is 11.4 Å². The van der Waals surface area contributed by atoms with Crippen LogP contribution in [0.3, 0.4) is 0 Å². The molecule has 1 fully saturated rings. The number of carbonyl (C=O) groups excluding carboxylic acids is 1. The van der Waals surface area contributed by atoms with Gasteiger partial charge in [0.25, 0.3) is 5.91 Å². The van der Waals surface area contributed by atoms with Crippen molar-refractivity contribution in [2.24, 2.45) is 0 Å². The fourth-order valence-electron chi connectivity index (χ4n) is 2.29. The summed E-state index contributed by atoms with van der Waals surface area (Å²) in [5.74, 6) is 0.683. The third kappa shape index (κ3) is 3.34. The summed E-state index contributed by atoms with van der Waals surface area (Å²) in [4.78, 5) is 14.0. The lowest BCUT2D eigenvalue weighted by molar-refractivity contribution is 0.0744. The summed E-state index contributed by atoms with van der Waals surface area (Å²) in [6.07, 6.45) is 2.74. The molecule has 1 aromatic heterocycles. The molecule has 7 nitrogen and oxygen atoms in total. The van der Waals surface area contributed by atoms with Gasteiger partial charge >= 0.3 is 0 Å². The highest BCUT2D eigenvalue weighted by molar-refractivity contribution is 8.00. The molecule has 1 aliphatic rings. The van der Waals surface area contributed by atoms with Crippen LogP contribution in [0.2, 0.25) is 0 Å². The van der Waals surface area contributed by atoms with Gasteiger partial charge in [0, 0.05) is 24.3 Å². The monoisotopic (exact) mass is 332 g/mol. The molecule has 9 heteroatoms. The number of carbonyl (C=O) groups is 1.